The second kappa shape index (κ2) is 6.53. The minimum absolute atomic E-state index is 0.227. The van der Waals surface area contributed by atoms with Crippen molar-refractivity contribution in [2.45, 2.75) is 50.9 Å². The molecule has 0 N–H and O–H groups in total. The summed E-state index contributed by atoms with van der Waals surface area (Å²) in [5, 5.41) is 0. The molecule has 1 saturated carbocycles. The van der Waals surface area contributed by atoms with Crippen molar-refractivity contribution < 1.29 is 4.79 Å². The van der Waals surface area contributed by atoms with Crippen LogP contribution in [0.1, 0.15) is 66.8 Å². The first kappa shape index (κ1) is 13.1. The van der Waals surface area contributed by atoms with Gasteiger partial charge in [0.05, 0.1) is 0 Å². The molecule has 0 saturated heterocycles. The normalized spacial score (nSPS) is 16.4. The molecule has 1 aromatic rings. The van der Waals surface area contributed by atoms with E-state index < -0.39 is 0 Å². The van der Waals surface area contributed by atoms with Gasteiger partial charge >= 0.3 is 0 Å². The Balaban J connectivity index is 2.00. The number of carbonyl (C=O) groups is 1. The molecule has 0 aromatic heterocycles. The third-order valence-electron chi connectivity index (χ3n) is 3.88. The monoisotopic (exact) mass is 242 g/mol. The van der Waals surface area contributed by atoms with Crippen LogP contribution in [0.4, 0.5) is 0 Å². The second-order valence-corrected chi connectivity index (χ2v) is 5.21. The van der Waals surface area contributed by atoms with Crippen LogP contribution < -0.4 is 0 Å². The van der Waals surface area contributed by atoms with Crippen molar-refractivity contribution in [2.75, 3.05) is 0 Å². The van der Waals surface area contributed by atoms with Gasteiger partial charge in [-0.25, -0.2) is 0 Å². The summed E-state index contributed by atoms with van der Waals surface area (Å²) in [6, 6.07) is 8.29. The Kier molecular flexibility index (Phi) is 4.74. The quantitative estimate of drug-likeness (QED) is 0.531. The highest BCUT2D eigenvalue weighted by molar-refractivity contribution is 5.96. The molecule has 0 bridgehead atoms. The number of benzene rings is 1. The molecule has 0 amide bonds. The molecule has 1 heteroatoms. The molecule has 1 aromatic carbocycles. The largest absolute Gasteiger partial charge is 0.294 e. The summed E-state index contributed by atoms with van der Waals surface area (Å²) in [6.45, 7) is 3.65. The fourth-order valence-electron chi connectivity index (χ4n) is 2.75. The van der Waals surface area contributed by atoms with E-state index >= 15 is 0 Å². The maximum absolute atomic E-state index is 11.8. The summed E-state index contributed by atoms with van der Waals surface area (Å²) in [4.78, 5) is 11.8. The predicted octanol–water partition coefficient (Wildman–Crippen LogP) is 4.88. The van der Waals surface area contributed by atoms with Gasteiger partial charge in [-0.1, -0.05) is 49.6 Å². The summed E-state index contributed by atoms with van der Waals surface area (Å²) in [7, 11) is 0. The van der Waals surface area contributed by atoms with Crippen molar-refractivity contribution in [1.29, 1.82) is 0 Å². The lowest BCUT2D eigenvalue weighted by molar-refractivity contribution is 0.0983. The number of hydrogen-bond acceptors (Lipinski definition) is 1. The third kappa shape index (κ3) is 3.32. The van der Waals surface area contributed by atoms with Gasteiger partial charge in [-0.2, -0.15) is 0 Å². The number of allylic oxidation sites excluding steroid dienone is 1. The van der Waals surface area contributed by atoms with Crippen LogP contribution in [-0.2, 0) is 0 Å². The maximum atomic E-state index is 11.8. The van der Waals surface area contributed by atoms with Gasteiger partial charge in [-0.3, -0.25) is 4.79 Å². The van der Waals surface area contributed by atoms with Crippen molar-refractivity contribution in [3.8, 4) is 0 Å². The zero-order valence-electron chi connectivity index (χ0n) is 11.0. The highest BCUT2D eigenvalue weighted by atomic mass is 16.1. The Morgan fingerprint density at radius 3 is 2.44 bits per heavy atom. The van der Waals surface area contributed by atoms with E-state index in [0.717, 1.165) is 17.9 Å². The highest BCUT2D eigenvalue weighted by Crippen LogP contribution is 2.32. The molecule has 96 valence electrons. The van der Waals surface area contributed by atoms with E-state index in [4.69, 9.17) is 0 Å². The number of ketones is 1. The Morgan fingerprint density at radius 1 is 1.17 bits per heavy atom. The molecule has 0 atom stereocenters. The van der Waals surface area contributed by atoms with Crippen LogP contribution in [-0.4, -0.2) is 5.78 Å². The van der Waals surface area contributed by atoms with E-state index in [2.05, 4.69) is 18.7 Å². The van der Waals surface area contributed by atoms with Gasteiger partial charge in [-0.15, -0.1) is 6.58 Å². The molecule has 1 nitrogen and oxygen atoms in total. The third-order valence-corrected chi connectivity index (χ3v) is 3.88. The molecule has 0 spiro atoms. The van der Waals surface area contributed by atoms with Crippen molar-refractivity contribution >= 4 is 5.78 Å². The van der Waals surface area contributed by atoms with Gasteiger partial charge in [-0.05, 0) is 30.7 Å². The van der Waals surface area contributed by atoms with Crippen molar-refractivity contribution in [1.82, 2.24) is 0 Å². The van der Waals surface area contributed by atoms with Gasteiger partial charge in [0.1, 0.15) is 0 Å². The SMILES string of the molecule is C=CCCC(=O)c1ccc(C2CCCCC2)cc1. The predicted molar refractivity (Wildman–Crippen MR) is 76.0 cm³/mol. The smallest absolute Gasteiger partial charge is 0.163 e. The molecule has 1 fully saturated rings. The Bertz CT molecular complexity index is 396. The van der Waals surface area contributed by atoms with Crippen molar-refractivity contribution in [2.24, 2.45) is 0 Å². The Labute approximate surface area is 110 Å². The average Bonchev–Trinajstić information content (AvgIpc) is 2.46. The molecule has 1 aliphatic rings. The van der Waals surface area contributed by atoms with Crippen LogP contribution in [0.3, 0.4) is 0 Å². The minimum atomic E-state index is 0.227. The first-order chi connectivity index (χ1) is 8.81. The second-order valence-electron chi connectivity index (χ2n) is 5.21. The number of Topliss-reactive ketones (excluding diaryl/α,β-unsaturated/α-hetero) is 1. The Hall–Kier alpha value is -1.37. The summed E-state index contributed by atoms with van der Waals surface area (Å²) >= 11 is 0. The molecule has 1 aliphatic carbocycles. The summed E-state index contributed by atoms with van der Waals surface area (Å²) in [6.07, 6.45) is 9.85. The zero-order valence-corrected chi connectivity index (χ0v) is 11.0. The van der Waals surface area contributed by atoms with E-state index in [1.54, 1.807) is 6.08 Å². The topological polar surface area (TPSA) is 17.1 Å². The molecular weight excluding hydrogens is 220 g/mol. The molecule has 2 rings (SSSR count). The van der Waals surface area contributed by atoms with Crippen LogP contribution in [0.25, 0.3) is 0 Å². The van der Waals surface area contributed by atoms with Crippen LogP contribution in [0.15, 0.2) is 36.9 Å². The lowest BCUT2D eigenvalue weighted by Crippen LogP contribution is -2.05. The van der Waals surface area contributed by atoms with Crippen molar-refractivity contribution in [3.05, 3.63) is 48.0 Å². The maximum Gasteiger partial charge on any atom is 0.163 e. The van der Waals surface area contributed by atoms with E-state index in [0.29, 0.717) is 6.42 Å². The van der Waals surface area contributed by atoms with E-state index in [9.17, 15) is 4.79 Å². The highest BCUT2D eigenvalue weighted by Gasteiger charge is 2.15. The standard InChI is InChI=1S/C17H22O/c1-2-3-9-17(18)16-12-10-15(11-13-16)14-7-5-4-6-8-14/h2,10-14H,1,3-9H2. The fourth-order valence-corrected chi connectivity index (χ4v) is 2.75. The lowest BCUT2D eigenvalue weighted by atomic mass is 9.84. The molecule has 0 radical (unpaired) electrons. The summed E-state index contributed by atoms with van der Waals surface area (Å²) < 4.78 is 0. The van der Waals surface area contributed by atoms with Gasteiger partial charge < -0.3 is 0 Å². The summed E-state index contributed by atoms with van der Waals surface area (Å²) in [5.74, 6) is 0.946. The lowest BCUT2D eigenvalue weighted by Gasteiger charge is -2.22. The van der Waals surface area contributed by atoms with E-state index in [1.165, 1.54) is 37.7 Å². The summed E-state index contributed by atoms with van der Waals surface area (Å²) in [5.41, 5.74) is 2.26. The van der Waals surface area contributed by atoms with Crippen LogP contribution in [0.2, 0.25) is 0 Å². The van der Waals surface area contributed by atoms with Crippen LogP contribution in [0.5, 0.6) is 0 Å². The van der Waals surface area contributed by atoms with Gasteiger partial charge in [0.25, 0.3) is 0 Å². The van der Waals surface area contributed by atoms with Gasteiger partial charge in [0.2, 0.25) is 0 Å². The molecule has 18 heavy (non-hydrogen) atoms. The molecule has 0 aliphatic heterocycles. The first-order valence-corrected chi connectivity index (χ1v) is 7.05. The molecule has 0 unspecified atom stereocenters. The van der Waals surface area contributed by atoms with Gasteiger partial charge in [0, 0.05) is 12.0 Å². The first-order valence-electron chi connectivity index (χ1n) is 7.05. The van der Waals surface area contributed by atoms with Gasteiger partial charge in [0.15, 0.2) is 5.78 Å². The van der Waals surface area contributed by atoms with Crippen LogP contribution >= 0.6 is 0 Å². The molecule has 0 heterocycles. The van der Waals surface area contributed by atoms with E-state index in [-0.39, 0.29) is 5.78 Å². The van der Waals surface area contributed by atoms with Crippen LogP contribution in [0, 0.1) is 0 Å². The Morgan fingerprint density at radius 2 is 1.83 bits per heavy atom. The average molecular weight is 242 g/mol. The molecular formula is C17H22O. The van der Waals surface area contributed by atoms with E-state index in [1.807, 2.05) is 12.1 Å². The number of rotatable bonds is 5. The fraction of sp³-hybridized carbons (Fsp3) is 0.471. The number of carbonyl (C=O) groups excluding carboxylic acids is 1. The van der Waals surface area contributed by atoms with Crippen molar-refractivity contribution in [3.63, 3.8) is 0 Å². The minimum Gasteiger partial charge on any atom is -0.294 e. The zero-order chi connectivity index (χ0) is 12.8. The number of hydrogen-bond donors (Lipinski definition) is 0.